The molecule has 0 aliphatic rings. The van der Waals surface area contributed by atoms with Crippen molar-refractivity contribution in [3.05, 3.63) is 0 Å². The summed E-state index contributed by atoms with van der Waals surface area (Å²) >= 11 is 3.29. The highest BCUT2D eigenvalue weighted by atomic mass is 79.9. The molecule has 0 amide bonds. The maximum absolute atomic E-state index is 10.8. The second kappa shape index (κ2) is 7.28. The van der Waals surface area contributed by atoms with E-state index < -0.39 is 11.9 Å². The van der Waals surface area contributed by atoms with Crippen LogP contribution in [0.2, 0.25) is 0 Å². The largest absolute Gasteiger partial charge is 0.393 e. The summed E-state index contributed by atoms with van der Waals surface area (Å²) < 4.78 is 4.34. The van der Waals surface area contributed by atoms with Crippen LogP contribution in [0.3, 0.4) is 0 Å². The minimum absolute atomic E-state index is 0.340. The van der Waals surface area contributed by atoms with Gasteiger partial charge >= 0.3 is 11.9 Å². The lowest BCUT2D eigenvalue weighted by atomic mass is 10.2. The van der Waals surface area contributed by atoms with Gasteiger partial charge in [0.15, 0.2) is 0 Å². The van der Waals surface area contributed by atoms with Gasteiger partial charge in [-0.05, 0) is 12.8 Å². The molecule has 0 unspecified atom stereocenters. The van der Waals surface area contributed by atoms with Gasteiger partial charge in [0.1, 0.15) is 0 Å². The molecule has 0 heterocycles. The Morgan fingerprint density at radius 3 is 2.42 bits per heavy atom. The maximum Gasteiger partial charge on any atom is 0.313 e. The average Bonchev–Trinajstić information content (AvgIpc) is 1.97. The monoisotopic (exact) mass is 236 g/mol. The number of unbranched alkanes of at least 4 members (excludes halogenated alkanes) is 2. The van der Waals surface area contributed by atoms with Crippen LogP contribution in [0.25, 0.3) is 0 Å². The van der Waals surface area contributed by atoms with E-state index in [1.807, 2.05) is 0 Å². The summed E-state index contributed by atoms with van der Waals surface area (Å²) in [5, 5.41) is 0.953. The normalized spacial score (nSPS) is 9.50. The number of hydrogen-bond donors (Lipinski definition) is 0. The Balaban J connectivity index is 3.26. The second-order valence-corrected chi connectivity index (χ2v) is 3.26. The summed E-state index contributed by atoms with van der Waals surface area (Å²) in [5.74, 6) is -0.947. The first-order valence-electron chi connectivity index (χ1n) is 3.94. The van der Waals surface area contributed by atoms with Crippen LogP contribution < -0.4 is 0 Å². The quantitative estimate of drug-likeness (QED) is 0.318. The van der Waals surface area contributed by atoms with E-state index in [1.54, 1.807) is 0 Å². The van der Waals surface area contributed by atoms with Gasteiger partial charge in [0.05, 0.1) is 0 Å². The number of rotatable bonds is 5. The Hall–Kier alpha value is -0.380. The first-order valence-corrected chi connectivity index (χ1v) is 5.06. The lowest BCUT2D eigenvalue weighted by molar-refractivity contribution is -0.158. The molecule has 0 aromatic heterocycles. The van der Waals surface area contributed by atoms with Gasteiger partial charge in [-0.1, -0.05) is 22.4 Å². The zero-order valence-corrected chi connectivity index (χ0v) is 8.72. The van der Waals surface area contributed by atoms with E-state index in [1.165, 1.54) is 6.92 Å². The van der Waals surface area contributed by atoms with Crippen LogP contribution in [0, 0.1) is 0 Å². The average molecular weight is 237 g/mol. The summed E-state index contributed by atoms with van der Waals surface area (Å²) in [4.78, 5) is 21.1. The molecule has 0 fully saturated rings. The van der Waals surface area contributed by atoms with Crippen molar-refractivity contribution in [1.29, 1.82) is 0 Å². The van der Waals surface area contributed by atoms with E-state index in [0.29, 0.717) is 6.42 Å². The molecule has 0 N–H and O–H groups in total. The Morgan fingerprint density at radius 1 is 1.25 bits per heavy atom. The summed E-state index contributed by atoms with van der Waals surface area (Å²) in [5.41, 5.74) is 0. The highest BCUT2D eigenvalue weighted by molar-refractivity contribution is 9.09. The fourth-order valence-corrected chi connectivity index (χ4v) is 1.15. The van der Waals surface area contributed by atoms with E-state index in [2.05, 4.69) is 20.7 Å². The van der Waals surface area contributed by atoms with Gasteiger partial charge in [0, 0.05) is 18.7 Å². The first kappa shape index (κ1) is 11.6. The molecule has 0 rings (SSSR count). The smallest absolute Gasteiger partial charge is 0.313 e. The molecule has 0 aliphatic heterocycles. The molecule has 0 aromatic carbocycles. The number of hydrogen-bond acceptors (Lipinski definition) is 3. The van der Waals surface area contributed by atoms with Crippen molar-refractivity contribution in [3.8, 4) is 0 Å². The van der Waals surface area contributed by atoms with Crippen LogP contribution in [-0.4, -0.2) is 17.3 Å². The summed E-state index contributed by atoms with van der Waals surface area (Å²) in [6, 6.07) is 0. The molecule has 4 heteroatoms. The fraction of sp³-hybridized carbons (Fsp3) is 0.750. The third-order valence-electron chi connectivity index (χ3n) is 1.27. The molecule has 0 saturated heterocycles. The van der Waals surface area contributed by atoms with Crippen molar-refractivity contribution in [1.82, 2.24) is 0 Å². The van der Waals surface area contributed by atoms with E-state index in [4.69, 9.17) is 0 Å². The molecular formula is C8H13BrO3. The van der Waals surface area contributed by atoms with Crippen LogP contribution >= 0.6 is 15.9 Å². The van der Waals surface area contributed by atoms with Crippen molar-refractivity contribution < 1.29 is 14.3 Å². The minimum atomic E-state index is -0.527. The van der Waals surface area contributed by atoms with Crippen LogP contribution in [0.4, 0.5) is 0 Å². The topological polar surface area (TPSA) is 43.4 Å². The minimum Gasteiger partial charge on any atom is -0.393 e. The number of alkyl halides is 1. The van der Waals surface area contributed by atoms with Crippen molar-refractivity contribution >= 4 is 27.9 Å². The van der Waals surface area contributed by atoms with Crippen LogP contribution in [0.5, 0.6) is 0 Å². The number of esters is 2. The standard InChI is InChI=1S/C8H13BrO3/c1-7(10)12-8(11)5-3-2-4-6-9/h2-6H2,1H3. The third-order valence-corrected chi connectivity index (χ3v) is 1.83. The third kappa shape index (κ3) is 7.72. The van der Waals surface area contributed by atoms with E-state index in [0.717, 1.165) is 24.6 Å². The SMILES string of the molecule is CC(=O)OC(=O)CCCCCBr. The van der Waals surface area contributed by atoms with Gasteiger partial charge in [-0.25, -0.2) is 0 Å². The highest BCUT2D eigenvalue weighted by Gasteiger charge is 2.04. The zero-order chi connectivity index (χ0) is 9.40. The molecule has 0 aliphatic carbocycles. The molecule has 0 atom stereocenters. The van der Waals surface area contributed by atoms with Gasteiger partial charge in [-0.2, -0.15) is 0 Å². The predicted octanol–water partition coefficient (Wildman–Crippen LogP) is 2.03. The summed E-state index contributed by atoms with van der Waals surface area (Å²) in [6.07, 6.45) is 3.16. The number of carbonyl (C=O) groups is 2. The fourth-order valence-electron chi connectivity index (χ4n) is 0.752. The molecule has 0 bridgehead atoms. The maximum atomic E-state index is 10.8. The first-order chi connectivity index (χ1) is 5.66. The van der Waals surface area contributed by atoms with Gasteiger partial charge < -0.3 is 4.74 Å². The predicted molar refractivity (Wildman–Crippen MR) is 49.0 cm³/mol. The number of halogens is 1. The van der Waals surface area contributed by atoms with E-state index >= 15 is 0 Å². The summed E-state index contributed by atoms with van der Waals surface area (Å²) in [7, 11) is 0. The van der Waals surface area contributed by atoms with Crippen molar-refractivity contribution in [3.63, 3.8) is 0 Å². The second-order valence-electron chi connectivity index (χ2n) is 2.47. The summed E-state index contributed by atoms with van der Waals surface area (Å²) in [6.45, 7) is 1.23. The van der Waals surface area contributed by atoms with Crippen LogP contribution in [0.15, 0.2) is 0 Å². The van der Waals surface area contributed by atoms with Gasteiger partial charge in [-0.15, -0.1) is 0 Å². The molecule has 0 spiro atoms. The van der Waals surface area contributed by atoms with Crippen molar-refractivity contribution in [2.45, 2.75) is 32.6 Å². The van der Waals surface area contributed by atoms with Crippen LogP contribution in [0.1, 0.15) is 32.6 Å². The Labute approximate surface area is 80.6 Å². The number of carbonyl (C=O) groups excluding carboxylic acids is 2. The highest BCUT2D eigenvalue weighted by Crippen LogP contribution is 2.02. The van der Waals surface area contributed by atoms with Gasteiger partial charge in [0.2, 0.25) is 0 Å². The van der Waals surface area contributed by atoms with E-state index in [-0.39, 0.29) is 0 Å². The lowest BCUT2D eigenvalue weighted by Gasteiger charge is -1.98. The molecule has 12 heavy (non-hydrogen) atoms. The zero-order valence-electron chi connectivity index (χ0n) is 7.14. The molecular weight excluding hydrogens is 224 g/mol. The van der Waals surface area contributed by atoms with E-state index in [9.17, 15) is 9.59 Å². The van der Waals surface area contributed by atoms with Gasteiger partial charge in [-0.3, -0.25) is 9.59 Å². The Kier molecular flexibility index (Phi) is 7.05. The van der Waals surface area contributed by atoms with Crippen LogP contribution in [-0.2, 0) is 14.3 Å². The Morgan fingerprint density at radius 2 is 1.92 bits per heavy atom. The lowest BCUT2D eigenvalue weighted by Crippen LogP contribution is -2.08. The molecule has 0 radical (unpaired) electrons. The van der Waals surface area contributed by atoms with Crippen molar-refractivity contribution in [2.24, 2.45) is 0 Å². The molecule has 3 nitrogen and oxygen atoms in total. The molecule has 0 aromatic rings. The van der Waals surface area contributed by atoms with Crippen molar-refractivity contribution in [2.75, 3.05) is 5.33 Å². The molecule has 70 valence electrons. The van der Waals surface area contributed by atoms with Gasteiger partial charge in [0.25, 0.3) is 0 Å². The molecule has 0 saturated carbocycles. The Bertz CT molecular complexity index is 156. The number of ether oxygens (including phenoxy) is 1.